The molecule has 4 atom stereocenters. The highest BCUT2D eigenvalue weighted by Crippen LogP contribution is 2.56. The van der Waals surface area contributed by atoms with E-state index in [-0.39, 0.29) is 172 Å². The van der Waals surface area contributed by atoms with Gasteiger partial charge in [0.05, 0.1) is 88.1 Å². The summed E-state index contributed by atoms with van der Waals surface area (Å²) in [6, 6.07) is 0. The van der Waals surface area contributed by atoms with Crippen molar-refractivity contribution in [3.05, 3.63) is 0 Å². The van der Waals surface area contributed by atoms with Crippen molar-refractivity contribution in [3.8, 4) is 0 Å². The summed E-state index contributed by atoms with van der Waals surface area (Å²) in [6.07, 6.45) is 48.1. The zero-order valence-corrected chi connectivity index (χ0v) is 88.2. The molecule has 2 bridgehead atoms. The normalized spacial score (nSPS) is 19.1. The van der Waals surface area contributed by atoms with E-state index in [0.717, 1.165) is 122 Å². The molecule has 0 aromatic heterocycles. The summed E-state index contributed by atoms with van der Waals surface area (Å²) < 4.78 is 84.5. The predicted molar refractivity (Wildman–Crippen MR) is 567 cm³/mol. The van der Waals surface area contributed by atoms with Gasteiger partial charge in [0.2, 0.25) is 0 Å². The van der Waals surface area contributed by atoms with Crippen LogP contribution in [0.5, 0.6) is 0 Å². The van der Waals surface area contributed by atoms with Crippen LogP contribution < -0.4 is 0 Å². The molecule has 0 heterocycles. The van der Waals surface area contributed by atoms with Gasteiger partial charge in [-0.1, -0.05) is 244 Å². The first-order chi connectivity index (χ1) is 61.0. The fourth-order valence-corrected chi connectivity index (χ4v) is 15.5. The van der Waals surface area contributed by atoms with Crippen molar-refractivity contribution < 1.29 is 114 Å². The number of hydrogen-bond donors (Lipinski definition) is 0. The minimum absolute atomic E-state index is 0. The van der Waals surface area contributed by atoms with Crippen molar-refractivity contribution in [3.63, 3.8) is 0 Å². The fraction of sp³-hybridized carbons (Fsp3) is 0.930. The average Bonchev–Trinajstić information content (AvgIpc) is 1.63. The van der Waals surface area contributed by atoms with Crippen LogP contribution in [0.1, 0.15) is 510 Å². The first-order valence-corrected chi connectivity index (χ1v) is 51.1. The van der Waals surface area contributed by atoms with Crippen molar-refractivity contribution in [2.24, 2.45) is 77.8 Å². The predicted octanol–water partition coefficient (Wildman–Crippen LogP) is 31.2. The van der Waals surface area contributed by atoms with Gasteiger partial charge in [-0.3, -0.25) is 38.4 Å². The summed E-state index contributed by atoms with van der Waals surface area (Å²) in [5.41, 5.74) is -2.59. The lowest BCUT2D eigenvalue weighted by atomic mass is 9.75. The van der Waals surface area contributed by atoms with Crippen LogP contribution in [0.3, 0.4) is 0 Å². The van der Waals surface area contributed by atoms with Crippen LogP contribution in [-0.4, -0.2) is 153 Å². The van der Waals surface area contributed by atoms with Gasteiger partial charge in [0, 0.05) is 7.11 Å². The highest BCUT2D eigenvalue weighted by atomic mass is 16.7. The lowest BCUT2D eigenvalue weighted by Crippen LogP contribution is -2.31. The molecule has 0 aliphatic heterocycles. The summed E-state index contributed by atoms with van der Waals surface area (Å²) in [5, 5.41) is 0. The number of esters is 8. The summed E-state index contributed by atoms with van der Waals surface area (Å²) in [7, 11) is 1.51. The van der Waals surface area contributed by atoms with E-state index in [1.807, 2.05) is 166 Å². The van der Waals surface area contributed by atoms with E-state index in [1.165, 1.54) is 180 Å². The van der Waals surface area contributed by atoms with Crippen LogP contribution in [0.15, 0.2) is 0 Å². The SMILES string of the molecule is C.C.C.C.C.C.C.C.CCC(C)(C)C(=O)OC(C)OC.CCC(C)(C)C(=O)OCOC1CCCC1.CCC(C)(C)C(=O)OCOC1CCCCC1.CCC(C)(C)C(=O)OCOC1CCCCCC1.CCC(C)(C)C(=O)OCOCC1(C)CC2CCC1C2.CCC(C)(C)C(=O)OCOCC1(C)CCCCC1.CCC(C)(C)C(=O)OCOCC1CCCC1.CCC(C)(C)C(=O)OCOCC1CCCCC1. The maximum atomic E-state index is 11.8. The van der Waals surface area contributed by atoms with Gasteiger partial charge in [-0.2, -0.15) is 0 Å². The highest BCUT2D eigenvalue weighted by Gasteiger charge is 2.48. The molecule has 0 N–H and O–H groups in total. The molecule has 8 aliphatic carbocycles. The standard InChI is InChI=1S/C16H28O3.C15H28O3.2C14H26O3.2C13H24O3.C12H22O3.C9H18O3.8CH4/c1-5-15(2,3)14(17)19-11-18-10-16(4)9-12-6-7-13(16)8-12;1-5-14(2,3)13(16)18-12-17-11-15(4)9-7-6-8-10-15;1-4-14(2,3)13(15)17-11-16-10-12-8-6-5-7-9-12;1-4-14(2,3)13(15)17-11-16-12-9-7-5-6-8-10-12;1-4-13(2,3)12(14)16-10-15-9-11-7-5-6-8-11;1-4-13(2,3)12(14)16-10-15-11-8-6-5-7-9-11;1-4-12(2,3)11(13)15-9-14-10-7-5-6-8-10;1-6-9(3,4)8(10)12-7(2)11-5;;;;;;;;/h12-13H,5-11H2,1-4H3;5-12H2,1-4H3;2*12H,4-11H2,1-3H3;2*11H,4-10H2,1-3H3;10H,4-9H2,1-3H3;7H,6H2,1-5H3;8*1H4. The van der Waals surface area contributed by atoms with E-state index in [4.69, 9.17) is 75.8 Å². The lowest BCUT2D eigenvalue weighted by molar-refractivity contribution is -0.180. The largest absolute Gasteiger partial charge is 0.438 e. The second-order valence-electron chi connectivity index (χ2n) is 43.9. The van der Waals surface area contributed by atoms with Gasteiger partial charge in [-0.25, -0.2) is 0 Å². The van der Waals surface area contributed by atoms with Crippen LogP contribution in [-0.2, 0) is 114 Å². The van der Waals surface area contributed by atoms with Crippen molar-refractivity contribution >= 4 is 47.8 Å². The van der Waals surface area contributed by atoms with Gasteiger partial charge in [-0.05, 0) is 300 Å². The molecule has 0 saturated heterocycles. The first kappa shape index (κ1) is 149. The minimum atomic E-state index is -0.455. The number of methoxy groups -OCH3 is 1. The molecule has 4 unspecified atom stereocenters. The summed E-state index contributed by atoms with van der Waals surface area (Å²) in [4.78, 5) is 93.0. The van der Waals surface area contributed by atoms with E-state index in [2.05, 4.69) is 13.8 Å². The van der Waals surface area contributed by atoms with Crippen LogP contribution in [0, 0.1) is 77.8 Å². The molecule has 8 aliphatic rings. The molecule has 138 heavy (non-hydrogen) atoms. The summed E-state index contributed by atoms with van der Waals surface area (Å²) >= 11 is 0. The van der Waals surface area contributed by atoms with Crippen molar-refractivity contribution in [2.45, 2.75) is 534 Å². The van der Waals surface area contributed by atoms with E-state index in [1.54, 1.807) is 6.92 Å². The second kappa shape index (κ2) is 77.8. The Hall–Kier alpha value is -4.56. The number of hydrogen-bond acceptors (Lipinski definition) is 24. The minimum Gasteiger partial charge on any atom is -0.438 e. The van der Waals surface area contributed by atoms with E-state index in [9.17, 15) is 38.4 Å². The van der Waals surface area contributed by atoms with Gasteiger partial charge >= 0.3 is 47.8 Å². The molecular weight excluding hydrogens is 1750 g/mol. The molecule has 24 nitrogen and oxygen atoms in total. The van der Waals surface area contributed by atoms with Gasteiger partial charge in [0.15, 0.2) is 53.8 Å². The summed E-state index contributed by atoms with van der Waals surface area (Å²) in [5.74, 6) is 1.73. The maximum absolute atomic E-state index is 11.8. The molecule has 8 saturated carbocycles. The Bertz CT molecular complexity index is 3050. The van der Waals surface area contributed by atoms with Crippen LogP contribution in [0.4, 0.5) is 0 Å². The zero-order chi connectivity index (χ0) is 98.3. The average molecular weight is 1980 g/mol. The van der Waals surface area contributed by atoms with Gasteiger partial charge in [0.1, 0.15) is 0 Å². The zero-order valence-electron chi connectivity index (χ0n) is 88.2. The third-order valence-corrected chi connectivity index (χ3v) is 29.5. The lowest BCUT2D eigenvalue weighted by Gasteiger charge is -2.33. The molecule has 0 aromatic rings. The maximum Gasteiger partial charge on any atom is 0.313 e. The van der Waals surface area contributed by atoms with E-state index >= 15 is 0 Å². The molecule has 8 rings (SSSR count). The topological polar surface area (TPSA) is 284 Å². The monoisotopic (exact) mass is 1980 g/mol. The fourth-order valence-electron chi connectivity index (χ4n) is 15.5. The Morgan fingerprint density at radius 2 is 0.522 bits per heavy atom. The molecular formula is C114H228O24. The van der Waals surface area contributed by atoms with Gasteiger partial charge in [0.25, 0.3) is 0 Å². The van der Waals surface area contributed by atoms with Crippen molar-refractivity contribution in [1.82, 2.24) is 0 Å². The van der Waals surface area contributed by atoms with Crippen molar-refractivity contribution in [1.29, 1.82) is 0 Å². The van der Waals surface area contributed by atoms with Crippen LogP contribution in [0.2, 0.25) is 0 Å². The Morgan fingerprint density at radius 1 is 0.290 bits per heavy atom. The Morgan fingerprint density at radius 3 is 0.783 bits per heavy atom. The summed E-state index contributed by atoms with van der Waals surface area (Å²) in [6.45, 7) is 56.2. The Labute approximate surface area is 850 Å². The van der Waals surface area contributed by atoms with E-state index < -0.39 is 44.2 Å². The van der Waals surface area contributed by atoms with Gasteiger partial charge in [-0.15, -0.1) is 0 Å². The van der Waals surface area contributed by atoms with Crippen LogP contribution in [0.25, 0.3) is 0 Å². The van der Waals surface area contributed by atoms with Gasteiger partial charge < -0.3 is 75.8 Å². The molecule has 8 fully saturated rings. The molecule has 0 radical (unpaired) electrons. The van der Waals surface area contributed by atoms with Crippen LogP contribution >= 0.6 is 0 Å². The smallest absolute Gasteiger partial charge is 0.313 e. The third-order valence-electron chi connectivity index (χ3n) is 29.5. The number of carbonyl (C=O) groups is 8. The number of carbonyl (C=O) groups excluding carboxylic acids is 8. The van der Waals surface area contributed by atoms with E-state index in [0.29, 0.717) is 36.1 Å². The number of ether oxygens (including phenoxy) is 16. The van der Waals surface area contributed by atoms with Crippen molar-refractivity contribution in [2.75, 3.05) is 81.1 Å². The molecule has 24 heteroatoms. The Kier molecular flexibility index (Phi) is 83.9. The number of fused-ring (bicyclic) bond motifs is 2. The Balaban J connectivity index is -0.000000232. The third kappa shape index (κ3) is 61.7. The molecule has 828 valence electrons. The second-order valence-corrected chi connectivity index (χ2v) is 43.9. The molecule has 0 aromatic carbocycles. The molecule has 0 amide bonds. The first-order valence-electron chi connectivity index (χ1n) is 51.1. The quantitative estimate of drug-likeness (QED) is 0.0180. The molecule has 0 spiro atoms. The highest BCUT2D eigenvalue weighted by molar-refractivity contribution is 5.78. The number of rotatable bonds is 43.